The average Bonchev–Trinajstić information content (AvgIpc) is 2.68. The van der Waals surface area contributed by atoms with Crippen LogP contribution in [0.1, 0.15) is 48.0 Å². The van der Waals surface area contributed by atoms with Crippen LogP contribution in [0.15, 0.2) is 48.8 Å². The zero-order valence-corrected chi connectivity index (χ0v) is 14.2. The predicted octanol–water partition coefficient (Wildman–Crippen LogP) is 3.53. The fourth-order valence-electron chi connectivity index (χ4n) is 3.15. The maximum Gasteiger partial charge on any atom is 0.253 e. The number of carbonyl (C=O) groups is 2. The first-order valence-electron chi connectivity index (χ1n) is 8.80. The molecule has 1 fully saturated rings. The van der Waals surface area contributed by atoms with Gasteiger partial charge in [-0.05, 0) is 42.7 Å². The van der Waals surface area contributed by atoms with E-state index in [1.807, 2.05) is 24.3 Å². The summed E-state index contributed by atoms with van der Waals surface area (Å²) in [5, 5.41) is 5.88. The molecule has 5 nitrogen and oxygen atoms in total. The number of aromatic nitrogens is 1. The zero-order valence-electron chi connectivity index (χ0n) is 14.2. The molecular formula is C20H23N3O2. The lowest BCUT2D eigenvalue weighted by Gasteiger charge is -2.20. The van der Waals surface area contributed by atoms with Crippen molar-refractivity contribution in [1.29, 1.82) is 0 Å². The molecule has 3 rings (SSSR count). The van der Waals surface area contributed by atoms with Gasteiger partial charge in [0.1, 0.15) is 0 Å². The number of benzene rings is 1. The van der Waals surface area contributed by atoms with Gasteiger partial charge >= 0.3 is 0 Å². The van der Waals surface area contributed by atoms with Crippen LogP contribution in [0.4, 0.5) is 5.69 Å². The van der Waals surface area contributed by atoms with Gasteiger partial charge < -0.3 is 10.6 Å². The fraction of sp³-hybridized carbons (Fsp3) is 0.350. The van der Waals surface area contributed by atoms with Crippen LogP contribution >= 0.6 is 0 Å². The predicted molar refractivity (Wildman–Crippen MR) is 97.1 cm³/mol. The van der Waals surface area contributed by atoms with Crippen molar-refractivity contribution < 1.29 is 9.59 Å². The number of nitrogens with zero attached hydrogens (tertiary/aromatic N) is 1. The first-order valence-corrected chi connectivity index (χ1v) is 8.80. The van der Waals surface area contributed by atoms with Gasteiger partial charge in [0.05, 0.1) is 5.56 Å². The minimum atomic E-state index is -0.162. The summed E-state index contributed by atoms with van der Waals surface area (Å²) in [6.07, 6.45) is 8.64. The normalized spacial score (nSPS) is 14.7. The van der Waals surface area contributed by atoms with E-state index in [1.165, 1.54) is 12.6 Å². The summed E-state index contributed by atoms with van der Waals surface area (Å²) in [6.45, 7) is 0.404. The van der Waals surface area contributed by atoms with E-state index in [-0.39, 0.29) is 17.7 Å². The Bertz CT molecular complexity index is 725. The second-order valence-electron chi connectivity index (χ2n) is 6.45. The molecule has 2 amide bonds. The standard InChI is InChI=1S/C20H23N3O2/c24-19(17-9-5-11-21-14-17)22-13-15-6-4-10-18(12-15)23-20(25)16-7-2-1-3-8-16/h4-6,9-12,14,16H,1-3,7-8,13H2,(H,22,24)(H,23,25). The van der Waals surface area contributed by atoms with Crippen LogP contribution in [-0.2, 0) is 11.3 Å². The molecule has 2 N–H and O–H groups in total. The van der Waals surface area contributed by atoms with Crippen molar-refractivity contribution in [3.05, 3.63) is 59.9 Å². The molecular weight excluding hydrogens is 314 g/mol. The quantitative estimate of drug-likeness (QED) is 0.877. The first-order chi connectivity index (χ1) is 12.2. The molecule has 1 aromatic heterocycles. The molecule has 0 atom stereocenters. The highest BCUT2D eigenvalue weighted by Crippen LogP contribution is 2.25. The molecule has 0 saturated heterocycles. The van der Waals surface area contributed by atoms with Gasteiger partial charge in [0.2, 0.25) is 5.91 Å². The molecule has 25 heavy (non-hydrogen) atoms. The lowest BCUT2D eigenvalue weighted by Crippen LogP contribution is -2.25. The smallest absolute Gasteiger partial charge is 0.253 e. The average molecular weight is 337 g/mol. The van der Waals surface area contributed by atoms with Crippen molar-refractivity contribution in [2.24, 2.45) is 5.92 Å². The number of hydrogen-bond donors (Lipinski definition) is 2. The van der Waals surface area contributed by atoms with Crippen molar-refractivity contribution in [3.63, 3.8) is 0 Å². The van der Waals surface area contributed by atoms with Crippen LogP contribution in [0.25, 0.3) is 0 Å². The summed E-state index contributed by atoms with van der Waals surface area (Å²) in [6, 6.07) is 11.1. The van der Waals surface area contributed by atoms with Crippen molar-refractivity contribution in [1.82, 2.24) is 10.3 Å². The lowest BCUT2D eigenvalue weighted by atomic mass is 9.88. The summed E-state index contributed by atoms with van der Waals surface area (Å²) in [7, 11) is 0. The Kier molecular flexibility index (Phi) is 5.77. The summed E-state index contributed by atoms with van der Waals surface area (Å²) >= 11 is 0. The molecule has 0 unspecified atom stereocenters. The van der Waals surface area contributed by atoms with E-state index < -0.39 is 0 Å². The Hall–Kier alpha value is -2.69. The number of amides is 2. The molecule has 2 aromatic rings. The van der Waals surface area contributed by atoms with E-state index in [4.69, 9.17) is 0 Å². The highest BCUT2D eigenvalue weighted by molar-refractivity contribution is 5.94. The lowest BCUT2D eigenvalue weighted by molar-refractivity contribution is -0.120. The van der Waals surface area contributed by atoms with E-state index in [1.54, 1.807) is 18.3 Å². The molecule has 0 spiro atoms. The summed E-state index contributed by atoms with van der Waals surface area (Å²) in [5.74, 6) is 0.0729. The molecule has 5 heteroatoms. The van der Waals surface area contributed by atoms with Crippen molar-refractivity contribution >= 4 is 17.5 Å². The SMILES string of the molecule is O=C(NCc1cccc(NC(=O)C2CCCCC2)c1)c1cccnc1. The number of rotatable bonds is 5. The van der Waals surface area contributed by atoms with E-state index in [9.17, 15) is 9.59 Å². The van der Waals surface area contributed by atoms with E-state index >= 15 is 0 Å². The van der Waals surface area contributed by atoms with Crippen molar-refractivity contribution in [2.45, 2.75) is 38.6 Å². The molecule has 0 bridgehead atoms. The van der Waals surface area contributed by atoms with E-state index in [0.717, 1.165) is 36.9 Å². The molecule has 0 aliphatic heterocycles. The third-order valence-corrected chi connectivity index (χ3v) is 4.55. The van der Waals surface area contributed by atoms with Crippen LogP contribution in [0.3, 0.4) is 0 Å². The highest BCUT2D eigenvalue weighted by Gasteiger charge is 2.21. The number of carbonyl (C=O) groups excluding carboxylic acids is 2. The largest absolute Gasteiger partial charge is 0.348 e. The minimum absolute atomic E-state index is 0.108. The van der Waals surface area contributed by atoms with E-state index in [2.05, 4.69) is 15.6 Å². The Morgan fingerprint density at radius 2 is 1.92 bits per heavy atom. The Labute approximate surface area is 147 Å². The summed E-state index contributed by atoms with van der Waals surface area (Å²) < 4.78 is 0. The van der Waals surface area contributed by atoms with Gasteiger partial charge in [-0.3, -0.25) is 14.6 Å². The molecule has 130 valence electrons. The van der Waals surface area contributed by atoms with Gasteiger partial charge in [-0.1, -0.05) is 31.4 Å². The van der Waals surface area contributed by atoms with Gasteiger partial charge in [-0.25, -0.2) is 0 Å². The maximum absolute atomic E-state index is 12.3. The van der Waals surface area contributed by atoms with Crippen LogP contribution in [-0.4, -0.2) is 16.8 Å². The zero-order chi connectivity index (χ0) is 17.5. The molecule has 1 saturated carbocycles. The van der Waals surface area contributed by atoms with Crippen LogP contribution < -0.4 is 10.6 Å². The first kappa shape index (κ1) is 17.1. The van der Waals surface area contributed by atoms with Crippen LogP contribution in [0.2, 0.25) is 0 Å². The van der Waals surface area contributed by atoms with E-state index in [0.29, 0.717) is 12.1 Å². The number of anilines is 1. The number of pyridine rings is 1. The monoisotopic (exact) mass is 337 g/mol. The topological polar surface area (TPSA) is 71.1 Å². The number of hydrogen-bond acceptors (Lipinski definition) is 3. The highest BCUT2D eigenvalue weighted by atomic mass is 16.2. The second kappa shape index (κ2) is 8.42. The molecule has 1 aliphatic carbocycles. The maximum atomic E-state index is 12.3. The number of nitrogens with one attached hydrogen (secondary N) is 2. The third kappa shape index (κ3) is 4.89. The van der Waals surface area contributed by atoms with Gasteiger partial charge in [-0.2, -0.15) is 0 Å². The Balaban J connectivity index is 1.56. The van der Waals surface area contributed by atoms with Gasteiger partial charge in [0, 0.05) is 30.5 Å². The molecule has 0 radical (unpaired) electrons. The van der Waals surface area contributed by atoms with Gasteiger partial charge in [0.25, 0.3) is 5.91 Å². The van der Waals surface area contributed by atoms with Gasteiger partial charge in [0.15, 0.2) is 0 Å². The Morgan fingerprint density at radius 3 is 2.68 bits per heavy atom. The summed E-state index contributed by atoms with van der Waals surface area (Å²) in [4.78, 5) is 28.4. The van der Waals surface area contributed by atoms with Gasteiger partial charge in [-0.15, -0.1) is 0 Å². The third-order valence-electron chi connectivity index (χ3n) is 4.55. The second-order valence-corrected chi connectivity index (χ2v) is 6.45. The van der Waals surface area contributed by atoms with Crippen LogP contribution in [0, 0.1) is 5.92 Å². The van der Waals surface area contributed by atoms with Crippen LogP contribution in [0.5, 0.6) is 0 Å². The molecule has 1 heterocycles. The fourth-order valence-corrected chi connectivity index (χ4v) is 3.15. The summed E-state index contributed by atoms with van der Waals surface area (Å²) in [5.41, 5.74) is 2.26. The van der Waals surface area contributed by atoms with Crippen molar-refractivity contribution in [2.75, 3.05) is 5.32 Å². The minimum Gasteiger partial charge on any atom is -0.348 e. The Morgan fingerprint density at radius 1 is 1.08 bits per heavy atom. The molecule has 1 aromatic carbocycles. The van der Waals surface area contributed by atoms with Crippen molar-refractivity contribution in [3.8, 4) is 0 Å². The molecule has 1 aliphatic rings.